The van der Waals surface area contributed by atoms with Crippen LogP contribution in [-0.2, 0) is 0 Å². The maximum atomic E-state index is 13.0. The standard InChI is InChI=1S/C17H24N2O2/c1-3-12-19(13-8-5-6-9-13)17(20)16-14(18)10-7-11-15(16)21-4-2/h3,7,10-11,13H,1,4-6,8-9,12,18H2,2H3. The first kappa shape index (κ1) is 15.4. The Balaban J connectivity index is 2.33. The fourth-order valence-electron chi connectivity index (χ4n) is 2.95. The highest BCUT2D eigenvalue weighted by Crippen LogP contribution is 2.30. The molecule has 4 nitrogen and oxygen atoms in total. The summed E-state index contributed by atoms with van der Waals surface area (Å²) in [5, 5.41) is 0. The van der Waals surface area contributed by atoms with Crippen molar-refractivity contribution in [3.63, 3.8) is 0 Å². The third-order valence-electron chi connectivity index (χ3n) is 3.92. The van der Waals surface area contributed by atoms with E-state index in [2.05, 4.69) is 6.58 Å². The topological polar surface area (TPSA) is 55.6 Å². The predicted molar refractivity (Wildman–Crippen MR) is 85.5 cm³/mol. The van der Waals surface area contributed by atoms with E-state index >= 15 is 0 Å². The Kier molecular flexibility index (Phi) is 5.26. The Bertz CT molecular complexity index is 508. The minimum Gasteiger partial charge on any atom is -0.493 e. The highest BCUT2D eigenvalue weighted by atomic mass is 16.5. The molecule has 1 aromatic rings. The molecule has 114 valence electrons. The lowest BCUT2D eigenvalue weighted by Gasteiger charge is -2.29. The molecule has 4 heteroatoms. The summed E-state index contributed by atoms with van der Waals surface area (Å²) in [6.07, 6.45) is 6.23. The van der Waals surface area contributed by atoms with Gasteiger partial charge in [0.2, 0.25) is 0 Å². The van der Waals surface area contributed by atoms with Gasteiger partial charge in [-0.2, -0.15) is 0 Å². The van der Waals surface area contributed by atoms with E-state index in [0.29, 0.717) is 30.2 Å². The number of nitrogen functional groups attached to an aromatic ring is 1. The lowest BCUT2D eigenvalue weighted by molar-refractivity contribution is 0.0703. The molecule has 0 aromatic heterocycles. The summed E-state index contributed by atoms with van der Waals surface area (Å²) >= 11 is 0. The molecule has 1 aliphatic carbocycles. The Labute approximate surface area is 126 Å². The highest BCUT2D eigenvalue weighted by molar-refractivity contribution is 6.02. The largest absolute Gasteiger partial charge is 0.493 e. The van der Waals surface area contributed by atoms with Gasteiger partial charge in [0.15, 0.2) is 0 Å². The molecule has 0 bridgehead atoms. The number of ether oxygens (including phenoxy) is 1. The molecule has 0 unspecified atom stereocenters. The summed E-state index contributed by atoms with van der Waals surface area (Å²) in [7, 11) is 0. The van der Waals surface area contributed by atoms with Crippen molar-refractivity contribution in [3.05, 3.63) is 36.4 Å². The van der Waals surface area contributed by atoms with Crippen molar-refractivity contribution >= 4 is 11.6 Å². The molecular weight excluding hydrogens is 264 g/mol. The Morgan fingerprint density at radius 1 is 1.48 bits per heavy atom. The Hall–Kier alpha value is -1.97. The van der Waals surface area contributed by atoms with E-state index in [1.54, 1.807) is 18.2 Å². The van der Waals surface area contributed by atoms with E-state index in [1.165, 1.54) is 12.8 Å². The highest BCUT2D eigenvalue weighted by Gasteiger charge is 2.29. The van der Waals surface area contributed by atoms with Gasteiger partial charge in [-0.15, -0.1) is 6.58 Å². The van der Waals surface area contributed by atoms with Gasteiger partial charge < -0.3 is 15.4 Å². The van der Waals surface area contributed by atoms with Crippen molar-refractivity contribution in [1.82, 2.24) is 4.90 Å². The smallest absolute Gasteiger partial charge is 0.260 e. The number of hydrogen-bond acceptors (Lipinski definition) is 3. The molecule has 0 saturated heterocycles. The number of carbonyl (C=O) groups excluding carboxylic acids is 1. The Morgan fingerprint density at radius 3 is 2.81 bits per heavy atom. The normalized spacial score (nSPS) is 14.9. The van der Waals surface area contributed by atoms with Crippen LogP contribution in [0, 0.1) is 0 Å². The number of nitrogens with zero attached hydrogens (tertiary/aromatic N) is 1. The van der Waals surface area contributed by atoms with Crippen molar-refractivity contribution in [2.75, 3.05) is 18.9 Å². The molecule has 0 atom stereocenters. The summed E-state index contributed by atoms with van der Waals surface area (Å²) in [6, 6.07) is 5.64. The van der Waals surface area contributed by atoms with Gasteiger partial charge in [0.25, 0.3) is 5.91 Å². The van der Waals surface area contributed by atoms with Crippen LogP contribution in [0.1, 0.15) is 43.0 Å². The third-order valence-corrected chi connectivity index (χ3v) is 3.92. The fraction of sp³-hybridized carbons (Fsp3) is 0.471. The number of anilines is 1. The molecule has 0 heterocycles. The van der Waals surface area contributed by atoms with Crippen LogP contribution >= 0.6 is 0 Å². The van der Waals surface area contributed by atoms with Crippen LogP contribution < -0.4 is 10.5 Å². The molecule has 21 heavy (non-hydrogen) atoms. The van der Waals surface area contributed by atoms with Crippen LogP contribution in [0.25, 0.3) is 0 Å². The zero-order chi connectivity index (χ0) is 15.2. The second kappa shape index (κ2) is 7.16. The second-order valence-corrected chi connectivity index (χ2v) is 5.34. The van der Waals surface area contributed by atoms with E-state index < -0.39 is 0 Å². The van der Waals surface area contributed by atoms with E-state index in [0.717, 1.165) is 12.8 Å². The SMILES string of the molecule is C=CCN(C(=O)c1c(N)cccc1OCC)C1CCCC1. The summed E-state index contributed by atoms with van der Waals surface area (Å²) < 4.78 is 5.58. The maximum absolute atomic E-state index is 13.0. The summed E-state index contributed by atoms with van der Waals surface area (Å²) in [6.45, 7) is 6.73. The van der Waals surface area contributed by atoms with Crippen LogP contribution in [0.15, 0.2) is 30.9 Å². The zero-order valence-electron chi connectivity index (χ0n) is 12.7. The molecule has 1 amide bonds. The van der Waals surface area contributed by atoms with Crippen LogP contribution in [-0.4, -0.2) is 30.0 Å². The minimum absolute atomic E-state index is 0.0525. The average Bonchev–Trinajstić information content (AvgIpc) is 2.98. The first-order valence-corrected chi connectivity index (χ1v) is 7.62. The van der Waals surface area contributed by atoms with Gasteiger partial charge in [-0.3, -0.25) is 4.79 Å². The van der Waals surface area contributed by atoms with E-state index in [4.69, 9.17) is 10.5 Å². The molecule has 1 aliphatic rings. The summed E-state index contributed by atoms with van der Waals surface area (Å²) in [5.41, 5.74) is 6.98. The lowest BCUT2D eigenvalue weighted by atomic mass is 10.1. The number of carbonyl (C=O) groups is 1. The van der Waals surface area contributed by atoms with E-state index in [-0.39, 0.29) is 11.9 Å². The van der Waals surface area contributed by atoms with Gasteiger partial charge in [0, 0.05) is 18.3 Å². The van der Waals surface area contributed by atoms with Gasteiger partial charge in [-0.25, -0.2) is 0 Å². The van der Waals surface area contributed by atoms with Crippen molar-refractivity contribution in [2.45, 2.75) is 38.6 Å². The van der Waals surface area contributed by atoms with E-state index in [1.807, 2.05) is 17.9 Å². The quantitative estimate of drug-likeness (QED) is 0.646. The summed E-state index contributed by atoms with van der Waals surface area (Å²) in [4.78, 5) is 14.8. The second-order valence-electron chi connectivity index (χ2n) is 5.34. The van der Waals surface area contributed by atoms with Gasteiger partial charge in [0.1, 0.15) is 11.3 Å². The van der Waals surface area contributed by atoms with Gasteiger partial charge in [-0.05, 0) is 31.9 Å². The zero-order valence-corrected chi connectivity index (χ0v) is 12.7. The number of benzene rings is 1. The van der Waals surface area contributed by atoms with E-state index in [9.17, 15) is 4.79 Å². The Morgan fingerprint density at radius 2 is 2.19 bits per heavy atom. The molecule has 1 saturated carbocycles. The van der Waals surface area contributed by atoms with Gasteiger partial charge in [0.05, 0.1) is 6.61 Å². The van der Waals surface area contributed by atoms with Gasteiger partial charge in [-0.1, -0.05) is 25.0 Å². The van der Waals surface area contributed by atoms with Gasteiger partial charge >= 0.3 is 0 Å². The molecule has 0 spiro atoms. The predicted octanol–water partition coefficient (Wildman–Crippen LogP) is 3.24. The number of nitrogens with two attached hydrogens (primary N) is 1. The molecule has 1 fully saturated rings. The molecule has 0 aliphatic heterocycles. The number of rotatable bonds is 6. The molecule has 1 aromatic carbocycles. The fourth-order valence-corrected chi connectivity index (χ4v) is 2.95. The molecular formula is C17H24N2O2. The molecule has 2 N–H and O–H groups in total. The van der Waals surface area contributed by atoms with Crippen molar-refractivity contribution < 1.29 is 9.53 Å². The van der Waals surface area contributed by atoms with Crippen LogP contribution in [0.3, 0.4) is 0 Å². The van der Waals surface area contributed by atoms with Crippen LogP contribution in [0.5, 0.6) is 5.75 Å². The summed E-state index contributed by atoms with van der Waals surface area (Å²) in [5.74, 6) is 0.512. The molecule has 2 rings (SSSR count). The van der Waals surface area contributed by atoms with Crippen LogP contribution in [0.2, 0.25) is 0 Å². The third kappa shape index (κ3) is 3.38. The minimum atomic E-state index is -0.0525. The average molecular weight is 288 g/mol. The van der Waals surface area contributed by atoms with Crippen LogP contribution in [0.4, 0.5) is 5.69 Å². The monoisotopic (exact) mass is 288 g/mol. The molecule has 0 radical (unpaired) electrons. The van der Waals surface area contributed by atoms with Crippen molar-refractivity contribution in [2.24, 2.45) is 0 Å². The number of hydrogen-bond donors (Lipinski definition) is 1. The van der Waals surface area contributed by atoms with Crippen molar-refractivity contribution in [3.8, 4) is 5.75 Å². The van der Waals surface area contributed by atoms with Crippen molar-refractivity contribution in [1.29, 1.82) is 0 Å². The first-order chi connectivity index (χ1) is 10.2. The maximum Gasteiger partial charge on any atom is 0.260 e. The first-order valence-electron chi connectivity index (χ1n) is 7.62. The number of amides is 1. The lowest BCUT2D eigenvalue weighted by Crippen LogP contribution is -2.39.